The van der Waals surface area contributed by atoms with E-state index in [9.17, 15) is 21.6 Å². The molecule has 0 spiro atoms. The maximum Gasteiger partial charge on any atom is 0.421 e. The van der Waals surface area contributed by atoms with Gasteiger partial charge in [-0.3, -0.25) is 9.17 Å². The molecule has 0 saturated heterocycles. The standard InChI is InChI=1S/C37H29F3N4O5S/c1-23-5-10-30(11-6-23)50(45,46)47-15-3-4-26-8-9-27(21-42-26)48-28-18-29(19-28)49-36-33(37(38,39)40)16-25(20-43-36)24-7-12-31-32-22-41-14-13-34(32)44(2)35(31)17-24/h5-14,16-17,20-22,28-29H,15,18-19H2,1-2H3. The third kappa shape index (κ3) is 6.85. The molecule has 9 nitrogen and oxygen atoms in total. The Morgan fingerprint density at radius 1 is 0.860 bits per heavy atom. The van der Waals surface area contributed by atoms with E-state index in [-0.39, 0.29) is 17.6 Å². The second kappa shape index (κ2) is 13.1. The molecule has 4 heterocycles. The van der Waals surface area contributed by atoms with Crippen molar-refractivity contribution >= 4 is 31.9 Å². The number of nitrogens with zero attached hydrogens (tertiary/aromatic N) is 4. The lowest BCUT2D eigenvalue weighted by atomic mass is 9.92. The van der Waals surface area contributed by atoms with Crippen LogP contribution in [-0.2, 0) is 27.5 Å². The molecule has 13 heteroatoms. The van der Waals surface area contributed by atoms with Crippen LogP contribution < -0.4 is 9.47 Å². The Morgan fingerprint density at radius 3 is 2.38 bits per heavy atom. The number of ether oxygens (including phenoxy) is 2. The third-order valence-corrected chi connectivity index (χ3v) is 9.76. The van der Waals surface area contributed by atoms with E-state index >= 15 is 0 Å². The lowest BCUT2D eigenvalue weighted by molar-refractivity contribution is -0.140. The van der Waals surface area contributed by atoms with Crippen LogP contribution in [0.5, 0.6) is 11.6 Å². The lowest BCUT2D eigenvalue weighted by Crippen LogP contribution is -2.41. The summed E-state index contributed by atoms with van der Waals surface area (Å²) < 4.78 is 85.7. The molecule has 1 saturated carbocycles. The fourth-order valence-electron chi connectivity index (χ4n) is 5.73. The van der Waals surface area contributed by atoms with Gasteiger partial charge in [0.15, 0.2) is 0 Å². The Labute approximate surface area is 285 Å². The Kier molecular flexibility index (Phi) is 8.67. The molecule has 0 atom stereocenters. The minimum atomic E-state index is -4.68. The van der Waals surface area contributed by atoms with E-state index < -0.39 is 33.8 Å². The molecule has 0 bridgehead atoms. The van der Waals surface area contributed by atoms with Gasteiger partial charge in [0.1, 0.15) is 35.8 Å². The van der Waals surface area contributed by atoms with E-state index in [4.69, 9.17) is 13.7 Å². The summed E-state index contributed by atoms with van der Waals surface area (Å²) in [6, 6.07) is 18.1. The SMILES string of the molecule is Cc1ccc(S(=O)(=O)OCC#Cc2ccc(OC3CC(Oc4ncc(-c5ccc6c7cnccc7n(C)c6c5)cc4C(F)(F)F)C3)cn2)cc1. The average molecular weight is 699 g/mol. The Morgan fingerprint density at radius 2 is 1.64 bits per heavy atom. The summed E-state index contributed by atoms with van der Waals surface area (Å²) in [6.45, 7) is 1.51. The second-order valence-corrected chi connectivity index (χ2v) is 13.5. The molecule has 0 aliphatic heterocycles. The molecule has 50 heavy (non-hydrogen) atoms. The van der Waals surface area contributed by atoms with Gasteiger partial charge in [-0.25, -0.2) is 9.97 Å². The molecule has 0 radical (unpaired) electrons. The van der Waals surface area contributed by atoms with E-state index in [1.807, 2.05) is 36.7 Å². The number of aromatic nitrogens is 4. The lowest BCUT2D eigenvalue weighted by Gasteiger charge is -2.35. The summed E-state index contributed by atoms with van der Waals surface area (Å²) in [6.07, 6.45) is 1.61. The molecule has 6 aromatic rings. The number of halogens is 3. The van der Waals surface area contributed by atoms with Crippen LogP contribution in [0.25, 0.3) is 32.9 Å². The molecule has 0 amide bonds. The molecule has 4 aromatic heterocycles. The Balaban J connectivity index is 0.953. The zero-order valence-electron chi connectivity index (χ0n) is 26.8. The Bertz CT molecular complexity index is 2380. The summed E-state index contributed by atoms with van der Waals surface area (Å²) in [5.74, 6) is 5.35. The predicted octanol–water partition coefficient (Wildman–Crippen LogP) is 7.26. The van der Waals surface area contributed by atoms with Crippen LogP contribution in [0.15, 0.2) is 96.4 Å². The number of hydrogen-bond acceptors (Lipinski definition) is 8. The van der Waals surface area contributed by atoms with Crippen LogP contribution in [0.1, 0.15) is 29.7 Å². The molecule has 254 valence electrons. The van der Waals surface area contributed by atoms with Crippen LogP contribution in [0.2, 0.25) is 0 Å². The minimum Gasteiger partial charge on any atom is -0.489 e. The highest BCUT2D eigenvalue weighted by molar-refractivity contribution is 7.86. The molecule has 2 aromatic carbocycles. The van der Waals surface area contributed by atoms with Crippen molar-refractivity contribution in [2.24, 2.45) is 7.05 Å². The van der Waals surface area contributed by atoms with Gasteiger partial charge in [0.25, 0.3) is 10.1 Å². The summed E-state index contributed by atoms with van der Waals surface area (Å²) in [7, 11) is -2.02. The van der Waals surface area contributed by atoms with E-state index in [0.29, 0.717) is 35.4 Å². The fraction of sp³-hybridized carbons (Fsp3) is 0.216. The van der Waals surface area contributed by atoms with Gasteiger partial charge in [0, 0.05) is 60.3 Å². The number of rotatable bonds is 8. The normalized spacial score (nSPS) is 16.1. The van der Waals surface area contributed by atoms with Crippen LogP contribution in [0.3, 0.4) is 0 Å². The number of benzene rings is 2. The van der Waals surface area contributed by atoms with Gasteiger partial charge < -0.3 is 14.0 Å². The maximum atomic E-state index is 14.2. The van der Waals surface area contributed by atoms with E-state index in [1.54, 1.807) is 42.7 Å². The van der Waals surface area contributed by atoms with Gasteiger partial charge in [-0.1, -0.05) is 35.7 Å². The predicted molar refractivity (Wildman–Crippen MR) is 180 cm³/mol. The number of aryl methyl sites for hydroxylation is 2. The molecule has 1 aliphatic carbocycles. The van der Waals surface area contributed by atoms with E-state index in [0.717, 1.165) is 33.4 Å². The van der Waals surface area contributed by atoms with Gasteiger partial charge in [-0.05, 0) is 60.9 Å². The van der Waals surface area contributed by atoms with Crippen molar-refractivity contribution in [3.63, 3.8) is 0 Å². The molecular formula is C37H29F3N4O5S. The number of pyridine rings is 3. The first-order valence-corrected chi connectivity index (χ1v) is 17.0. The van der Waals surface area contributed by atoms with Crippen LogP contribution >= 0.6 is 0 Å². The van der Waals surface area contributed by atoms with Gasteiger partial charge in [0.2, 0.25) is 5.88 Å². The summed E-state index contributed by atoms with van der Waals surface area (Å²) >= 11 is 0. The number of hydrogen-bond donors (Lipinski definition) is 0. The van der Waals surface area contributed by atoms with E-state index in [2.05, 4.69) is 26.8 Å². The van der Waals surface area contributed by atoms with Crippen molar-refractivity contribution in [1.29, 1.82) is 0 Å². The van der Waals surface area contributed by atoms with Gasteiger partial charge in [-0.2, -0.15) is 21.6 Å². The largest absolute Gasteiger partial charge is 0.489 e. The van der Waals surface area contributed by atoms with Crippen LogP contribution in [0, 0.1) is 18.8 Å². The van der Waals surface area contributed by atoms with Crippen molar-refractivity contribution < 1.29 is 35.2 Å². The van der Waals surface area contributed by atoms with Gasteiger partial charge in [-0.15, -0.1) is 0 Å². The molecule has 1 fully saturated rings. The Hall–Kier alpha value is -5.45. The summed E-state index contributed by atoms with van der Waals surface area (Å²) in [4.78, 5) is 12.6. The second-order valence-electron chi connectivity index (χ2n) is 11.9. The highest BCUT2D eigenvalue weighted by Gasteiger charge is 2.39. The van der Waals surface area contributed by atoms with Crippen molar-refractivity contribution in [2.45, 2.75) is 43.0 Å². The van der Waals surface area contributed by atoms with Crippen molar-refractivity contribution in [3.05, 3.63) is 108 Å². The first-order valence-electron chi connectivity index (χ1n) is 15.6. The van der Waals surface area contributed by atoms with Crippen LogP contribution in [-0.4, -0.2) is 46.8 Å². The first-order chi connectivity index (χ1) is 23.9. The van der Waals surface area contributed by atoms with Crippen LogP contribution in [0.4, 0.5) is 13.2 Å². The minimum absolute atomic E-state index is 0.0486. The molecular weight excluding hydrogens is 669 g/mol. The van der Waals surface area contributed by atoms with Gasteiger partial charge in [0.05, 0.1) is 16.6 Å². The monoisotopic (exact) mass is 698 g/mol. The number of alkyl halides is 3. The maximum absolute atomic E-state index is 14.2. The highest BCUT2D eigenvalue weighted by atomic mass is 32.2. The van der Waals surface area contributed by atoms with Crippen molar-refractivity contribution in [3.8, 4) is 34.6 Å². The molecule has 7 rings (SSSR count). The van der Waals surface area contributed by atoms with E-state index in [1.165, 1.54) is 24.5 Å². The summed E-state index contributed by atoms with van der Waals surface area (Å²) in [5, 5.41) is 1.92. The zero-order chi connectivity index (χ0) is 35.0. The molecule has 1 aliphatic rings. The smallest absolute Gasteiger partial charge is 0.421 e. The average Bonchev–Trinajstić information content (AvgIpc) is 3.37. The quantitative estimate of drug-likeness (QED) is 0.121. The third-order valence-electron chi connectivity index (χ3n) is 8.48. The first kappa shape index (κ1) is 33.1. The zero-order valence-corrected chi connectivity index (χ0v) is 27.6. The fourth-order valence-corrected chi connectivity index (χ4v) is 6.55. The number of fused-ring (bicyclic) bond motifs is 3. The van der Waals surface area contributed by atoms with Gasteiger partial charge >= 0.3 is 6.18 Å². The molecule has 0 N–H and O–H groups in total. The van der Waals surface area contributed by atoms with Crippen molar-refractivity contribution in [1.82, 2.24) is 19.5 Å². The highest BCUT2D eigenvalue weighted by Crippen LogP contribution is 2.40. The summed E-state index contributed by atoms with van der Waals surface area (Å²) in [5.41, 5.74) is 3.13. The molecule has 0 unspecified atom stereocenters. The van der Waals surface area contributed by atoms with Crippen molar-refractivity contribution in [2.75, 3.05) is 6.61 Å². The topological polar surface area (TPSA) is 105 Å².